The number of aromatic carboxylic acids is 2. The van der Waals surface area contributed by atoms with Crippen LogP contribution in [0.2, 0.25) is 0 Å². The Hall–Kier alpha value is -1.76. The van der Waals surface area contributed by atoms with Crippen LogP contribution in [0.15, 0.2) is 0 Å². The summed E-state index contributed by atoms with van der Waals surface area (Å²) in [5, 5.41) is 34.8. The van der Waals surface area contributed by atoms with E-state index in [1.807, 2.05) is 0 Å². The van der Waals surface area contributed by atoms with Crippen LogP contribution >= 0.6 is 11.3 Å². The van der Waals surface area contributed by atoms with Gasteiger partial charge in [0.1, 0.15) is 0 Å². The molecule has 1 aromatic heterocycles. The van der Waals surface area contributed by atoms with Crippen molar-refractivity contribution in [3.63, 3.8) is 0 Å². The molecule has 0 bridgehead atoms. The molecule has 1 rings (SSSR count). The summed E-state index contributed by atoms with van der Waals surface area (Å²) in [6.45, 7) is 0. The highest BCUT2D eigenvalue weighted by atomic mass is 32.1. The summed E-state index contributed by atoms with van der Waals surface area (Å²) in [5.41, 5.74) is 0. The summed E-state index contributed by atoms with van der Waals surface area (Å²) in [5.74, 6) is -4.78. The van der Waals surface area contributed by atoms with Crippen molar-refractivity contribution in [3.8, 4) is 11.5 Å². The van der Waals surface area contributed by atoms with E-state index in [9.17, 15) is 9.59 Å². The van der Waals surface area contributed by atoms with Crippen molar-refractivity contribution >= 4 is 23.3 Å². The molecular formula is C6H4O6S. The summed E-state index contributed by atoms with van der Waals surface area (Å²) in [6.07, 6.45) is 0. The molecule has 0 aliphatic rings. The van der Waals surface area contributed by atoms with Crippen LogP contribution in [0.5, 0.6) is 11.5 Å². The highest BCUT2D eigenvalue weighted by molar-refractivity contribution is 7.16. The minimum atomic E-state index is -1.48. The quantitative estimate of drug-likeness (QED) is 0.559. The molecule has 0 aliphatic heterocycles. The van der Waals surface area contributed by atoms with Crippen LogP contribution in [0, 0.1) is 0 Å². The first kappa shape index (κ1) is 9.33. The first-order valence-corrected chi connectivity index (χ1v) is 3.78. The molecule has 0 radical (unpaired) electrons. The molecule has 6 nitrogen and oxygen atoms in total. The number of carbonyl (C=O) groups is 2. The molecule has 0 unspecified atom stereocenters. The number of hydrogen-bond acceptors (Lipinski definition) is 5. The Labute approximate surface area is 75.3 Å². The van der Waals surface area contributed by atoms with Gasteiger partial charge in [-0.05, 0) is 0 Å². The molecule has 0 spiro atoms. The fourth-order valence-electron chi connectivity index (χ4n) is 0.704. The third kappa shape index (κ3) is 1.41. The fraction of sp³-hybridized carbons (Fsp3) is 0. The summed E-state index contributed by atoms with van der Waals surface area (Å²) < 4.78 is 0. The summed E-state index contributed by atoms with van der Waals surface area (Å²) in [6, 6.07) is 0. The Morgan fingerprint density at radius 3 is 1.38 bits per heavy atom. The zero-order chi connectivity index (χ0) is 10.2. The number of thiophene rings is 1. The minimum Gasteiger partial charge on any atom is -0.503 e. The standard InChI is InChI=1S/C6H4O6S/c7-1-2(8)4(6(11)12)13-3(1)5(9)10/h7-8H,(H,9,10)(H,11,12). The molecule has 0 atom stereocenters. The van der Waals surface area contributed by atoms with E-state index in [0.29, 0.717) is 11.3 Å². The zero-order valence-corrected chi connectivity index (χ0v) is 6.83. The number of aromatic hydroxyl groups is 2. The molecular weight excluding hydrogens is 200 g/mol. The van der Waals surface area contributed by atoms with Crippen molar-refractivity contribution in [2.45, 2.75) is 0 Å². The SMILES string of the molecule is O=C(O)c1sc(C(=O)O)c(O)c1O. The van der Waals surface area contributed by atoms with Gasteiger partial charge in [-0.1, -0.05) is 0 Å². The molecule has 4 N–H and O–H groups in total. The summed E-state index contributed by atoms with van der Waals surface area (Å²) in [4.78, 5) is 19.5. The Morgan fingerprint density at radius 1 is 0.923 bits per heavy atom. The first-order chi connectivity index (χ1) is 5.95. The molecule has 13 heavy (non-hydrogen) atoms. The molecule has 0 saturated heterocycles. The van der Waals surface area contributed by atoms with E-state index in [-0.39, 0.29) is 0 Å². The number of carboxylic acid groups (broad SMARTS) is 2. The van der Waals surface area contributed by atoms with Crippen molar-refractivity contribution in [2.24, 2.45) is 0 Å². The van der Waals surface area contributed by atoms with Gasteiger partial charge in [-0.3, -0.25) is 0 Å². The molecule has 0 saturated carbocycles. The summed E-state index contributed by atoms with van der Waals surface area (Å²) in [7, 11) is 0. The van der Waals surface area contributed by atoms with E-state index < -0.39 is 33.2 Å². The van der Waals surface area contributed by atoms with Crippen LogP contribution < -0.4 is 0 Å². The first-order valence-electron chi connectivity index (χ1n) is 2.96. The van der Waals surface area contributed by atoms with Crippen LogP contribution in [0.3, 0.4) is 0 Å². The maximum Gasteiger partial charge on any atom is 0.349 e. The molecule has 7 heteroatoms. The van der Waals surface area contributed by atoms with Crippen LogP contribution in [-0.4, -0.2) is 32.4 Å². The van der Waals surface area contributed by atoms with Gasteiger partial charge < -0.3 is 20.4 Å². The minimum absolute atomic E-state index is 0.303. The lowest BCUT2D eigenvalue weighted by atomic mass is 10.3. The van der Waals surface area contributed by atoms with Gasteiger partial charge in [-0.15, -0.1) is 11.3 Å². The molecule has 70 valence electrons. The third-order valence-electron chi connectivity index (χ3n) is 1.25. The predicted octanol–water partition coefficient (Wildman–Crippen LogP) is 0.556. The Morgan fingerprint density at radius 2 is 1.23 bits per heavy atom. The second-order valence-electron chi connectivity index (χ2n) is 2.07. The predicted molar refractivity (Wildman–Crippen MR) is 41.6 cm³/mol. The van der Waals surface area contributed by atoms with Crippen LogP contribution in [0.25, 0.3) is 0 Å². The van der Waals surface area contributed by atoms with Gasteiger partial charge in [0.15, 0.2) is 21.3 Å². The van der Waals surface area contributed by atoms with Crippen LogP contribution in [-0.2, 0) is 0 Å². The summed E-state index contributed by atoms with van der Waals surface area (Å²) >= 11 is 0.303. The van der Waals surface area contributed by atoms with Gasteiger partial charge in [-0.2, -0.15) is 0 Å². The average molecular weight is 204 g/mol. The third-order valence-corrected chi connectivity index (χ3v) is 2.39. The second-order valence-corrected chi connectivity index (χ2v) is 3.09. The highest BCUT2D eigenvalue weighted by Crippen LogP contribution is 2.40. The smallest absolute Gasteiger partial charge is 0.349 e. The normalized spacial score (nSPS) is 9.85. The lowest BCUT2D eigenvalue weighted by molar-refractivity contribution is 0.0687. The number of carboxylic acids is 2. The molecule has 0 aromatic carbocycles. The van der Waals surface area contributed by atoms with Gasteiger partial charge >= 0.3 is 11.9 Å². The molecule has 1 heterocycles. The lowest BCUT2D eigenvalue weighted by Crippen LogP contribution is -1.92. The van der Waals surface area contributed by atoms with Gasteiger partial charge in [-0.25, -0.2) is 9.59 Å². The van der Waals surface area contributed by atoms with Gasteiger partial charge in [0.25, 0.3) is 0 Å². The van der Waals surface area contributed by atoms with E-state index in [1.165, 1.54) is 0 Å². The Balaban J connectivity index is 3.36. The highest BCUT2D eigenvalue weighted by Gasteiger charge is 2.25. The number of rotatable bonds is 2. The topological polar surface area (TPSA) is 115 Å². The van der Waals surface area contributed by atoms with Crippen LogP contribution in [0.4, 0.5) is 0 Å². The zero-order valence-electron chi connectivity index (χ0n) is 6.01. The van der Waals surface area contributed by atoms with Crippen molar-refractivity contribution in [1.29, 1.82) is 0 Å². The molecule has 0 aliphatic carbocycles. The van der Waals surface area contributed by atoms with Gasteiger partial charge in [0, 0.05) is 0 Å². The monoisotopic (exact) mass is 204 g/mol. The van der Waals surface area contributed by atoms with E-state index in [0.717, 1.165) is 0 Å². The second kappa shape index (κ2) is 2.94. The van der Waals surface area contributed by atoms with E-state index in [1.54, 1.807) is 0 Å². The molecule has 0 amide bonds. The van der Waals surface area contributed by atoms with Gasteiger partial charge in [0.05, 0.1) is 0 Å². The van der Waals surface area contributed by atoms with Crippen molar-refractivity contribution < 1.29 is 30.0 Å². The van der Waals surface area contributed by atoms with E-state index >= 15 is 0 Å². The van der Waals surface area contributed by atoms with E-state index in [2.05, 4.69) is 0 Å². The van der Waals surface area contributed by atoms with Crippen LogP contribution in [0.1, 0.15) is 19.3 Å². The van der Waals surface area contributed by atoms with E-state index in [4.69, 9.17) is 20.4 Å². The average Bonchev–Trinajstić information content (AvgIpc) is 2.29. The largest absolute Gasteiger partial charge is 0.503 e. The maximum absolute atomic E-state index is 10.4. The Bertz CT molecular complexity index is 344. The van der Waals surface area contributed by atoms with Crippen molar-refractivity contribution in [3.05, 3.63) is 9.75 Å². The fourth-order valence-corrected chi connectivity index (χ4v) is 1.47. The van der Waals surface area contributed by atoms with Crippen molar-refractivity contribution in [1.82, 2.24) is 0 Å². The lowest BCUT2D eigenvalue weighted by Gasteiger charge is -1.89. The number of hydrogen-bond donors (Lipinski definition) is 4. The Kier molecular flexibility index (Phi) is 2.11. The van der Waals surface area contributed by atoms with Crippen molar-refractivity contribution in [2.75, 3.05) is 0 Å². The maximum atomic E-state index is 10.4. The molecule has 0 fully saturated rings. The molecule has 1 aromatic rings. The van der Waals surface area contributed by atoms with Gasteiger partial charge in [0.2, 0.25) is 0 Å².